The van der Waals surface area contributed by atoms with E-state index in [0.717, 1.165) is 12.1 Å². The summed E-state index contributed by atoms with van der Waals surface area (Å²) in [6.45, 7) is 0. The molecule has 0 amide bonds. The van der Waals surface area contributed by atoms with E-state index in [0.29, 0.717) is 6.07 Å². The maximum atomic E-state index is 10.6. The third kappa shape index (κ3) is 17.1. The molecule has 0 saturated carbocycles. The second-order valence-electron chi connectivity index (χ2n) is 3.21. The van der Waals surface area contributed by atoms with Gasteiger partial charge in [0.1, 0.15) is 11.3 Å². The Hall–Kier alpha value is -1.29. The minimum atomic E-state index is -5.17. The van der Waals surface area contributed by atoms with Gasteiger partial charge in [0, 0.05) is 10.4 Å². The van der Waals surface area contributed by atoms with Crippen molar-refractivity contribution in [2.45, 2.75) is 4.90 Å². The fraction of sp³-hybridized carbons (Fsp3) is 0. The van der Waals surface area contributed by atoms with Gasteiger partial charge in [0.2, 0.25) is 0 Å². The van der Waals surface area contributed by atoms with Crippen LogP contribution in [-0.2, 0) is 37.0 Å². The number of phenols is 1. The van der Waals surface area contributed by atoms with E-state index in [9.17, 15) is 13.2 Å². The number of carboxylic acid groups (broad SMARTS) is 1. The predicted molar refractivity (Wildman–Crippen MR) is 67.8 cm³/mol. The SMILES string of the molecule is O=C(O)c1cc(S(=O)(=O)O)ccc1O.O=S(=O)([O-])[O-].OB(O)O.[Ni+2]. The number of rotatable bonds is 2. The molecular formula is C7H9BNiO13S2. The van der Waals surface area contributed by atoms with Crippen molar-refractivity contribution in [3.05, 3.63) is 23.8 Å². The van der Waals surface area contributed by atoms with Crippen molar-refractivity contribution >= 4 is 33.8 Å². The first-order chi connectivity index (χ1) is 10.1. The van der Waals surface area contributed by atoms with Crippen molar-refractivity contribution in [1.82, 2.24) is 0 Å². The first-order valence-electron chi connectivity index (χ1n) is 4.80. The molecule has 0 atom stereocenters. The fourth-order valence-electron chi connectivity index (χ4n) is 0.847. The zero-order valence-corrected chi connectivity index (χ0v) is 13.6. The quantitative estimate of drug-likeness (QED) is 0.154. The van der Waals surface area contributed by atoms with E-state index in [1.165, 1.54) is 0 Å². The van der Waals surface area contributed by atoms with Crippen LogP contribution in [0.2, 0.25) is 0 Å². The van der Waals surface area contributed by atoms with E-state index in [1.807, 2.05) is 0 Å². The molecule has 0 aromatic heterocycles. The summed E-state index contributed by atoms with van der Waals surface area (Å²) in [4.78, 5) is 9.89. The van der Waals surface area contributed by atoms with Crippen LogP contribution in [0, 0.1) is 0 Å². The van der Waals surface area contributed by atoms with Crippen LogP contribution in [0.4, 0.5) is 0 Å². The Labute approximate surface area is 145 Å². The number of carbonyl (C=O) groups is 1. The molecule has 13 nitrogen and oxygen atoms in total. The maximum Gasteiger partial charge on any atom is 2.00 e. The molecule has 140 valence electrons. The molecule has 6 N–H and O–H groups in total. The van der Waals surface area contributed by atoms with Crippen molar-refractivity contribution in [1.29, 1.82) is 0 Å². The molecule has 0 bridgehead atoms. The van der Waals surface area contributed by atoms with E-state index in [1.54, 1.807) is 0 Å². The Bertz CT molecular complexity index is 718. The number of benzene rings is 1. The Balaban J connectivity index is -0.000000370. The molecule has 24 heavy (non-hydrogen) atoms. The Morgan fingerprint density at radius 3 is 1.62 bits per heavy atom. The standard InChI is InChI=1S/C7H6O6S.BH3O3.Ni.H2O4S/c8-6-2-1-4(14(11,12)13)3-5(6)7(9)10;2-1(3)4;;1-5(2,3)4/h1-3,8H,(H,9,10)(H,11,12,13);2-4H;;(H2,1,2,3,4)/q;;+2;/p-2. The summed E-state index contributed by atoms with van der Waals surface area (Å²) in [6.07, 6.45) is 0. The van der Waals surface area contributed by atoms with Crippen LogP contribution in [0.5, 0.6) is 5.75 Å². The Morgan fingerprint density at radius 1 is 1.04 bits per heavy atom. The zero-order chi connectivity index (χ0) is 19.0. The molecule has 17 heteroatoms. The topological polar surface area (TPSA) is 253 Å². The maximum absolute atomic E-state index is 10.6. The normalized spacial score (nSPS) is 10.1. The van der Waals surface area contributed by atoms with E-state index < -0.39 is 50.0 Å². The van der Waals surface area contributed by atoms with Gasteiger partial charge >= 0.3 is 29.8 Å². The third-order valence-electron chi connectivity index (χ3n) is 1.50. The number of aromatic hydroxyl groups is 1. The van der Waals surface area contributed by atoms with Gasteiger partial charge in [-0.15, -0.1) is 0 Å². The smallest absolute Gasteiger partial charge is 0.759 e. The van der Waals surface area contributed by atoms with E-state index >= 15 is 0 Å². The minimum Gasteiger partial charge on any atom is -0.759 e. The molecule has 0 fully saturated rings. The van der Waals surface area contributed by atoms with Crippen LogP contribution in [0.1, 0.15) is 10.4 Å². The first kappa shape index (κ1) is 27.6. The minimum absolute atomic E-state index is 0. The van der Waals surface area contributed by atoms with Gasteiger partial charge in [-0.2, -0.15) is 8.42 Å². The number of hydrogen-bond acceptors (Lipinski definition) is 11. The van der Waals surface area contributed by atoms with Gasteiger partial charge in [-0.1, -0.05) is 0 Å². The van der Waals surface area contributed by atoms with Crippen molar-refractivity contribution in [3.8, 4) is 5.75 Å². The molecular weight excluding hydrogens is 426 g/mol. The van der Waals surface area contributed by atoms with Crippen LogP contribution in [0.15, 0.2) is 23.1 Å². The van der Waals surface area contributed by atoms with Crippen LogP contribution in [0.3, 0.4) is 0 Å². The van der Waals surface area contributed by atoms with Gasteiger partial charge < -0.3 is 34.4 Å². The summed E-state index contributed by atoms with van der Waals surface area (Å²) in [5.41, 5.74) is -0.583. The predicted octanol–water partition coefficient (Wildman–Crippen LogP) is -3.06. The van der Waals surface area contributed by atoms with Crippen LogP contribution in [0.25, 0.3) is 0 Å². The van der Waals surface area contributed by atoms with Gasteiger partial charge in [0.05, 0.1) is 4.90 Å². The van der Waals surface area contributed by atoms with Crippen LogP contribution in [-0.4, -0.2) is 69.1 Å². The Morgan fingerprint density at radius 2 is 1.38 bits per heavy atom. The summed E-state index contributed by atoms with van der Waals surface area (Å²) in [6, 6.07) is 2.46. The summed E-state index contributed by atoms with van der Waals surface area (Å²) in [5.74, 6) is -2.04. The fourth-order valence-corrected chi connectivity index (χ4v) is 1.35. The van der Waals surface area contributed by atoms with Gasteiger partial charge in [0.25, 0.3) is 10.1 Å². The van der Waals surface area contributed by atoms with Crippen LogP contribution < -0.4 is 0 Å². The van der Waals surface area contributed by atoms with Gasteiger partial charge in [-0.25, -0.2) is 4.79 Å². The van der Waals surface area contributed by atoms with Crippen molar-refractivity contribution < 1.29 is 77.1 Å². The molecule has 1 aromatic rings. The van der Waals surface area contributed by atoms with E-state index in [2.05, 4.69) is 0 Å². The second kappa shape index (κ2) is 11.3. The van der Waals surface area contributed by atoms with Gasteiger partial charge in [-0.3, -0.25) is 13.0 Å². The molecule has 1 aromatic carbocycles. The van der Waals surface area contributed by atoms with Crippen molar-refractivity contribution in [2.24, 2.45) is 0 Å². The largest absolute Gasteiger partial charge is 2.00 e. The molecule has 0 aliphatic carbocycles. The average molecular weight is 435 g/mol. The number of hydrogen-bond donors (Lipinski definition) is 6. The zero-order valence-electron chi connectivity index (χ0n) is 11.0. The third-order valence-corrected chi connectivity index (χ3v) is 2.35. The van der Waals surface area contributed by atoms with Gasteiger partial charge in [0.15, 0.2) is 0 Å². The second-order valence-corrected chi connectivity index (χ2v) is 5.45. The van der Waals surface area contributed by atoms with E-state index in [-0.39, 0.29) is 16.5 Å². The first-order valence-corrected chi connectivity index (χ1v) is 7.57. The summed E-state index contributed by atoms with van der Waals surface area (Å²) in [5, 5.41) is 39.0. The summed E-state index contributed by atoms with van der Waals surface area (Å²) >= 11 is 0. The Kier molecular flexibility index (Phi) is 13.0. The number of aromatic carboxylic acids is 1. The molecule has 0 radical (unpaired) electrons. The summed E-state index contributed by atoms with van der Waals surface area (Å²) < 4.78 is 63.9. The monoisotopic (exact) mass is 434 g/mol. The average Bonchev–Trinajstić information content (AvgIpc) is 2.24. The molecule has 1 rings (SSSR count). The molecule has 0 heterocycles. The van der Waals surface area contributed by atoms with Crippen molar-refractivity contribution in [2.75, 3.05) is 0 Å². The van der Waals surface area contributed by atoms with Crippen LogP contribution >= 0.6 is 0 Å². The molecule has 0 spiro atoms. The van der Waals surface area contributed by atoms with Crippen molar-refractivity contribution in [3.63, 3.8) is 0 Å². The molecule has 0 unspecified atom stereocenters. The number of carboxylic acids is 1. The molecule has 0 aliphatic rings. The summed E-state index contributed by atoms with van der Waals surface area (Å²) in [7, 11) is -11.8. The van der Waals surface area contributed by atoms with E-state index in [4.69, 9.17) is 47.4 Å². The van der Waals surface area contributed by atoms with Gasteiger partial charge in [-0.05, 0) is 18.2 Å². The molecule has 0 saturated heterocycles. The molecule has 0 aliphatic heterocycles.